The van der Waals surface area contributed by atoms with Gasteiger partial charge < -0.3 is 14.8 Å². The SMILES string of the molecule is CCCCNC(=O)NC(=O)COC(=O)COc1cc(C)ccc1C(C)C. The molecule has 0 saturated carbocycles. The second-order valence-electron chi connectivity index (χ2n) is 6.30. The van der Waals surface area contributed by atoms with E-state index in [0.717, 1.165) is 24.0 Å². The molecule has 2 N–H and O–H groups in total. The van der Waals surface area contributed by atoms with Crippen LogP contribution in [0.5, 0.6) is 5.75 Å². The summed E-state index contributed by atoms with van der Waals surface area (Å²) >= 11 is 0. The number of ether oxygens (including phenoxy) is 2. The summed E-state index contributed by atoms with van der Waals surface area (Å²) in [5, 5.41) is 4.63. The van der Waals surface area contributed by atoms with Crippen molar-refractivity contribution in [3.05, 3.63) is 29.3 Å². The summed E-state index contributed by atoms with van der Waals surface area (Å²) in [6.07, 6.45) is 1.76. The molecular formula is C19H28N2O5. The second-order valence-corrected chi connectivity index (χ2v) is 6.30. The van der Waals surface area contributed by atoms with Gasteiger partial charge in [-0.1, -0.05) is 39.3 Å². The maximum absolute atomic E-state index is 11.8. The first kappa shape index (κ1) is 21.5. The number of carbonyl (C=O) groups excluding carboxylic acids is 3. The molecule has 1 aromatic carbocycles. The number of unbranched alkanes of at least 4 members (excludes halogenated alkanes) is 1. The number of hydrogen-bond donors (Lipinski definition) is 2. The molecule has 0 spiro atoms. The van der Waals surface area contributed by atoms with E-state index >= 15 is 0 Å². The molecule has 0 aliphatic heterocycles. The number of hydrogen-bond acceptors (Lipinski definition) is 5. The molecule has 0 saturated heterocycles. The Labute approximate surface area is 154 Å². The van der Waals surface area contributed by atoms with Crippen molar-refractivity contribution in [2.75, 3.05) is 19.8 Å². The first-order chi connectivity index (χ1) is 12.3. The molecular weight excluding hydrogens is 336 g/mol. The van der Waals surface area contributed by atoms with Crippen LogP contribution in [0.4, 0.5) is 4.79 Å². The van der Waals surface area contributed by atoms with Crippen molar-refractivity contribution in [2.45, 2.75) is 46.5 Å². The fourth-order valence-corrected chi connectivity index (χ4v) is 2.15. The topological polar surface area (TPSA) is 93.7 Å². The monoisotopic (exact) mass is 364 g/mol. The number of aryl methyl sites for hydroxylation is 1. The number of amides is 3. The third-order valence-electron chi connectivity index (χ3n) is 3.57. The van der Waals surface area contributed by atoms with Gasteiger partial charge in [0, 0.05) is 6.54 Å². The van der Waals surface area contributed by atoms with Gasteiger partial charge in [0.15, 0.2) is 13.2 Å². The van der Waals surface area contributed by atoms with E-state index in [4.69, 9.17) is 9.47 Å². The predicted octanol–water partition coefficient (Wildman–Crippen LogP) is 2.67. The van der Waals surface area contributed by atoms with Crippen molar-refractivity contribution in [3.8, 4) is 5.75 Å². The lowest BCUT2D eigenvalue weighted by Gasteiger charge is -2.14. The Bertz CT molecular complexity index is 628. The van der Waals surface area contributed by atoms with Crippen molar-refractivity contribution in [1.82, 2.24) is 10.6 Å². The van der Waals surface area contributed by atoms with Crippen LogP contribution in [0.2, 0.25) is 0 Å². The van der Waals surface area contributed by atoms with Crippen LogP contribution in [0.1, 0.15) is 50.7 Å². The minimum absolute atomic E-state index is 0.249. The van der Waals surface area contributed by atoms with Crippen LogP contribution in [0.25, 0.3) is 0 Å². The van der Waals surface area contributed by atoms with Crippen LogP contribution in [-0.4, -0.2) is 37.7 Å². The number of nitrogens with one attached hydrogen (secondary N) is 2. The lowest BCUT2D eigenvalue weighted by atomic mass is 10.0. The van der Waals surface area contributed by atoms with Crippen LogP contribution in [0.15, 0.2) is 18.2 Å². The fraction of sp³-hybridized carbons (Fsp3) is 0.526. The smallest absolute Gasteiger partial charge is 0.344 e. The average Bonchev–Trinajstić information content (AvgIpc) is 2.58. The van der Waals surface area contributed by atoms with E-state index in [2.05, 4.69) is 10.6 Å². The van der Waals surface area contributed by atoms with Crippen LogP contribution < -0.4 is 15.4 Å². The van der Waals surface area contributed by atoms with Gasteiger partial charge in [-0.25, -0.2) is 9.59 Å². The predicted molar refractivity (Wildman–Crippen MR) is 98.2 cm³/mol. The largest absolute Gasteiger partial charge is 0.482 e. The molecule has 144 valence electrons. The van der Waals surface area contributed by atoms with E-state index in [-0.39, 0.29) is 12.5 Å². The Morgan fingerprint density at radius 2 is 1.88 bits per heavy atom. The Morgan fingerprint density at radius 3 is 2.54 bits per heavy atom. The van der Waals surface area contributed by atoms with Gasteiger partial charge in [0.25, 0.3) is 5.91 Å². The Balaban J connectivity index is 2.38. The normalized spacial score (nSPS) is 10.3. The molecule has 26 heavy (non-hydrogen) atoms. The lowest BCUT2D eigenvalue weighted by Crippen LogP contribution is -2.41. The molecule has 0 fully saturated rings. The van der Waals surface area contributed by atoms with Crippen molar-refractivity contribution < 1.29 is 23.9 Å². The number of imide groups is 1. The third-order valence-corrected chi connectivity index (χ3v) is 3.57. The number of rotatable bonds is 9. The maximum atomic E-state index is 11.8. The Hall–Kier alpha value is -2.57. The quantitative estimate of drug-likeness (QED) is 0.519. The van der Waals surface area contributed by atoms with Gasteiger partial charge in [-0.2, -0.15) is 0 Å². The highest BCUT2D eigenvalue weighted by molar-refractivity contribution is 5.95. The highest BCUT2D eigenvalue weighted by Crippen LogP contribution is 2.27. The van der Waals surface area contributed by atoms with Crippen LogP contribution in [-0.2, 0) is 14.3 Å². The Kier molecular flexibility index (Phi) is 9.19. The first-order valence-corrected chi connectivity index (χ1v) is 8.80. The molecule has 1 rings (SSSR count). The van der Waals surface area contributed by atoms with Crippen LogP contribution in [0, 0.1) is 6.92 Å². The molecule has 0 atom stereocenters. The summed E-state index contributed by atoms with van der Waals surface area (Å²) in [6, 6.07) is 5.20. The van der Waals surface area contributed by atoms with E-state index in [1.54, 1.807) is 0 Å². The van der Waals surface area contributed by atoms with Crippen molar-refractivity contribution in [3.63, 3.8) is 0 Å². The van der Waals surface area contributed by atoms with Gasteiger partial charge in [-0.05, 0) is 36.5 Å². The number of benzene rings is 1. The Morgan fingerprint density at radius 1 is 1.15 bits per heavy atom. The van der Waals surface area contributed by atoms with E-state index in [9.17, 15) is 14.4 Å². The fourth-order valence-electron chi connectivity index (χ4n) is 2.15. The standard InChI is InChI=1S/C19H28N2O5/c1-5-6-9-20-19(24)21-17(22)11-26-18(23)12-25-16-10-14(4)7-8-15(16)13(2)3/h7-8,10,13H,5-6,9,11-12H2,1-4H3,(H2,20,21,22,24). The maximum Gasteiger partial charge on any atom is 0.344 e. The summed E-state index contributed by atoms with van der Waals surface area (Å²) in [7, 11) is 0. The van der Waals surface area contributed by atoms with E-state index < -0.39 is 24.5 Å². The van der Waals surface area contributed by atoms with Crippen LogP contribution in [0.3, 0.4) is 0 Å². The van der Waals surface area contributed by atoms with E-state index in [1.165, 1.54) is 0 Å². The van der Waals surface area contributed by atoms with Gasteiger partial charge >= 0.3 is 12.0 Å². The lowest BCUT2D eigenvalue weighted by molar-refractivity contribution is -0.150. The minimum Gasteiger partial charge on any atom is -0.482 e. The zero-order valence-corrected chi connectivity index (χ0v) is 15.9. The van der Waals surface area contributed by atoms with Gasteiger partial charge in [-0.15, -0.1) is 0 Å². The number of carbonyl (C=O) groups is 3. The third kappa shape index (κ3) is 8.00. The molecule has 0 aliphatic rings. The molecule has 0 aromatic heterocycles. The summed E-state index contributed by atoms with van der Waals surface area (Å²) in [5.41, 5.74) is 2.01. The van der Waals surface area contributed by atoms with E-state index in [0.29, 0.717) is 12.3 Å². The molecule has 3 amide bonds. The van der Waals surface area contributed by atoms with Crippen LogP contribution >= 0.6 is 0 Å². The summed E-state index contributed by atoms with van der Waals surface area (Å²) < 4.78 is 10.4. The molecule has 1 aromatic rings. The van der Waals surface area contributed by atoms with Gasteiger partial charge in [0.05, 0.1) is 0 Å². The zero-order valence-electron chi connectivity index (χ0n) is 15.9. The highest BCUT2D eigenvalue weighted by atomic mass is 16.6. The first-order valence-electron chi connectivity index (χ1n) is 8.80. The van der Waals surface area contributed by atoms with E-state index in [1.807, 2.05) is 45.9 Å². The molecule has 0 heterocycles. The minimum atomic E-state index is -0.689. The summed E-state index contributed by atoms with van der Waals surface area (Å²) in [4.78, 5) is 34.7. The average molecular weight is 364 g/mol. The molecule has 7 nitrogen and oxygen atoms in total. The van der Waals surface area contributed by atoms with Gasteiger partial charge in [-0.3, -0.25) is 10.1 Å². The van der Waals surface area contributed by atoms with Crippen molar-refractivity contribution in [1.29, 1.82) is 0 Å². The molecule has 0 aliphatic carbocycles. The molecule has 7 heteroatoms. The van der Waals surface area contributed by atoms with Gasteiger partial charge in [0.1, 0.15) is 5.75 Å². The summed E-state index contributed by atoms with van der Waals surface area (Å²) in [5.74, 6) is -0.496. The molecule has 0 bridgehead atoms. The summed E-state index contributed by atoms with van der Waals surface area (Å²) in [6.45, 7) is 7.64. The van der Waals surface area contributed by atoms with Gasteiger partial charge in [0.2, 0.25) is 0 Å². The molecule has 0 unspecified atom stereocenters. The number of urea groups is 1. The van der Waals surface area contributed by atoms with Crippen molar-refractivity contribution in [2.24, 2.45) is 0 Å². The highest BCUT2D eigenvalue weighted by Gasteiger charge is 2.13. The molecule has 0 radical (unpaired) electrons. The second kappa shape index (κ2) is 11.1. The zero-order chi connectivity index (χ0) is 19.5. The van der Waals surface area contributed by atoms with Crippen molar-refractivity contribution >= 4 is 17.9 Å². The number of esters is 1.